The minimum absolute atomic E-state index is 0.0402. The van der Waals surface area contributed by atoms with E-state index in [2.05, 4.69) is 16.0 Å². The van der Waals surface area contributed by atoms with E-state index in [4.69, 9.17) is 0 Å². The molecule has 1 aromatic carbocycles. The standard InChI is InChI=1S/C16H20N4O4/c21-15(10-1-2-10)18-8-7-17-13-6-3-11(9-14(13)20(23)24)16(22)19-12-4-5-12/h3,6,9-10,12,17H,1-2,4-5,7-8H2,(H,18,21)(H,19,22). The summed E-state index contributed by atoms with van der Waals surface area (Å²) in [5, 5.41) is 19.8. The van der Waals surface area contributed by atoms with E-state index in [1.807, 2.05) is 0 Å². The van der Waals surface area contributed by atoms with E-state index < -0.39 is 4.92 Å². The van der Waals surface area contributed by atoms with E-state index in [9.17, 15) is 19.7 Å². The van der Waals surface area contributed by atoms with Crippen LogP contribution in [0.5, 0.6) is 0 Å². The molecule has 8 heteroatoms. The Morgan fingerprint density at radius 2 is 1.92 bits per heavy atom. The smallest absolute Gasteiger partial charge is 0.293 e. The summed E-state index contributed by atoms with van der Waals surface area (Å²) in [6, 6.07) is 4.57. The lowest BCUT2D eigenvalue weighted by molar-refractivity contribution is -0.384. The molecule has 0 spiro atoms. The Bertz CT molecular complexity index is 668. The molecule has 0 saturated heterocycles. The number of hydrogen-bond donors (Lipinski definition) is 3. The fourth-order valence-electron chi connectivity index (χ4n) is 2.34. The summed E-state index contributed by atoms with van der Waals surface area (Å²) in [5.41, 5.74) is 0.469. The van der Waals surface area contributed by atoms with Crippen LogP contribution in [0.1, 0.15) is 36.0 Å². The zero-order valence-corrected chi connectivity index (χ0v) is 13.2. The number of hydrogen-bond acceptors (Lipinski definition) is 5. The summed E-state index contributed by atoms with van der Waals surface area (Å²) in [7, 11) is 0. The Morgan fingerprint density at radius 1 is 1.17 bits per heavy atom. The van der Waals surface area contributed by atoms with E-state index in [1.165, 1.54) is 12.1 Å². The Kier molecular flexibility index (Phi) is 4.64. The van der Waals surface area contributed by atoms with Gasteiger partial charge in [0, 0.05) is 36.7 Å². The number of carbonyl (C=O) groups excluding carboxylic acids is 2. The van der Waals surface area contributed by atoms with Gasteiger partial charge in [-0.1, -0.05) is 0 Å². The molecule has 0 aliphatic heterocycles. The number of amides is 2. The summed E-state index contributed by atoms with van der Waals surface area (Å²) in [6.07, 6.45) is 3.80. The number of nitrogens with one attached hydrogen (secondary N) is 3. The number of nitro benzene ring substituents is 1. The van der Waals surface area contributed by atoms with Gasteiger partial charge in [-0.2, -0.15) is 0 Å². The first-order valence-electron chi connectivity index (χ1n) is 8.15. The lowest BCUT2D eigenvalue weighted by Crippen LogP contribution is -2.30. The Labute approximate surface area is 139 Å². The zero-order chi connectivity index (χ0) is 17.1. The highest BCUT2D eigenvalue weighted by Gasteiger charge is 2.29. The third kappa shape index (κ3) is 4.21. The molecule has 24 heavy (non-hydrogen) atoms. The van der Waals surface area contributed by atoms with Crippen molar-refractivity contribution in [2.45, 2.75) is 31.7 Å². The van der Waals surface area contributed by atoms with E-state index >= 15 is 0 Å². The minimum atomic E-state index is -0.515. The van der Waals surface area contributed by atoms with Gasteiger partial charge in [-0.15, -0.1) is 0 Å². The third-order valence-corrected chi connectivity index (χ3v) is 4.06. The van der Waals surface area contributed by atoms with Crippen LogP contribution in [-0.4, -0.2) is 35.9 Å². The van der Waals surface area contributed by atoms with Gasteiger partial charge in [0.2, 0.25) is 5.91 Å². The number of anilines is 1. The average Bonchev–Trinajstić information content (AvgIpc) is 3.44. The van der Waals surface area contributed by atoms with Crippen molar-refractivity contribution in [3.63, 3.8) is 0 Å². The van der Waals surface area contributed by atoms with E-state index in [0.29, 0.717) is 18.8 Å². The Morgan fingerprint density at radius 3 is 2.54 bits per heavy atom. The van der Waals surface area contributed by atoms with Gasteiger partial charge in [0.15, 0.2) is 0 Å². The second-order valence-corrected chi connectivity index (χ2v) is 6.23. The molecule has 0 radical (unpaired) electrons. The molecule has 2 fully saturated rings. The molecule has 2 amide bonds. The molecule has 128 valence electrons. The van der Waals surface area contributed by atoms with Crippen LogP contribution in [0, 0.1) is 16.0 Å². The maximum absolute atomic E-state index is 12.0. The number of nitro groups is 1. The van der Waals surface area contributed by atoms with Crippen molar-refractivity contribution in [3.8, 4) is 0 Å². The first-order valence-corrected chi connectivity index (χ1v) is 8.15. The monoisotopic (exact) mass is 332 g/mol. The van der Waals surface area contributed by atoms with Crippen LogP contribution in [-0.2, 0) is 4.79 Å². The van der Waals surface area contributed by atoms with Crippen LogP contribution in [0.25, 0.3) is 0 Å². The van der Waals surface area contributed by atoms with E-state index in [0.717, 1.165) is 25.7 Å². The van der Waals surface area contributed by atoms with Crippen molar-refractivity contribution in [1.82, 2.24) is 10.6 Å². The topological polar surface area (TPSA) is 113 Å². The first kappa shape index (κ1) is 16.2. The fourth-order valence-corrected chi connectivity index (χ4v) is 2.34. The normalized spacial score (nSPS) is 16.3. The van der Waals surface area contributed by atoms with Gasteiger partial charge in [0.1, 0.15) is 5.69 Å². The molecule has 0 unspecified atom stereocenters. The molecule has 0 atom stereocenters. The van der Waals surface area contributed by atoms with Crippen LogP contribution < -0.4 is 16.0 Å². The highest BCUT2D eigenvalue weighted by atomic mass is 16.6. The van der Waals surface area contributed by atoms with Crippen LogP contribution >= 0.6 is 0 Å². The van der Waals surface area contributed by atoms with Gasteiger partial charge in [0.05, 0.1) is 4.92 Å². The van der Waals surface area contributed by atoms with Crippen molar-refractivity contribution in [2.75, 3.05) is 18.4 Å². The van der Waals surface area contributed by atoms with Crippen molar-refractivity contribution >= 4 is 23.2 Å². The van der Waals surface area contributed by atoms with Crippen molar-refractivity contribution in [2.24, 2.45) is 5.92 Å². The minimum Gasteiger partial charge on any atom is -0.378 e. The lowest BCUT2D eigenvalue weighted by Gasteiger charge is -2.10. The molecule has 0 heterocycles. The highest BCUT2D eigenvalue weighted by Crippen LogP contribution is 2.29. The van der Waals surface area contributed by atoms with Crippen LogP contribution in [0.4, 0.5) is 11.4 Å². The number of carbonyl (C=O) groups is 2. The predicted octanol–water partition coefficient (Wildman–Crippen LogP) is 1.43. The largest absolute Gasteiger partial charge is 0.378 e. The summed E-state index contributed by atoms with van der Waals surface area (Å²) in [6.45, 7) is 0.781. The molecule has 2 aliphatic rings. The molecule has 0 bridgehead atoms. The Hall–Kier alpha value is -2.64. The van der Waals surface area contributed by atoms with Gasteiger partial charge in [-0.25, -0.2) is 0 Å². The first-order chi connectivity index (χ1) is 11.5. The number of benzene rings is 1. The van der Waals surface area contributed by atoms with Gasteiger partial charge < -0.3 is 16.0 Å². The fraction of sp³-hybridized carbons (Fsp3) is 0.500. The quantitative estimate of drug-likeness (QED) is 0.378. The molecule has 3 N–H and O–H groups in total. The second-order valence-electron chi connectivity index (χ2n) is 6.23. The maximum Gasteiger partial charge on any atom is 0.293 e. The molecule has 2 saturated carbocycles. The van der Waals surface area contributed by atoms with Gasteiger partial charge >= 0.3 is 0 Å². The third-order valence-electron chi connectivity index (χ3n) is 4.06. The van der Waals surface area contributed by atoms with Gasteiger partial charge in [-0.3, -0.25) is 19.7 Å². The highest BCUT2D eigenvalue weighted by molar-refractivity contribution is 5.96. The molecule has 8 nitrogen and oxygen atoms in total. The van der Waals surface area contributed by atoms with Crippen molar-refractivity contribution < 1.29 is 14.5 Å². The molecular weight excluding hydrogens is 312 g/mol. The van der Waals surface area contributed by atoms with Gasteiger partial charge in [-0.05, 0) is 37.8 Å². The molecule has 2 aliphatic carbocycles. The second kappa shape index (κ2) is 6.86. The molecule has 0 aromatic heterocycles. The number of rotatable bonds is 8. The SMILES string of the molecule is O=C(NC1CC1)c1ccc(NCCNC(=O)C2CC2)c([N+](=O)[O-])c1. The lowest BCUT2D eigenvalue weighted by atomic mass is 10.1. The van der Waals surface area contributed by atoms with Crippen molar-refractivity contribution in [1.29, 1.82) is 0 Å². The van der Waals surface area contributed by atoms with Crippen molar-refractivity contribution in [3.05, 3.63) is 33.9 Å². The summed E-state index contributed by atoms with van der Waals surface area (Å²) < 4.78 is 0. The van der Waals surface area contributed by atoms with E-state index in [-0.39, 0.29) is 35.0 Å². The summed E-state index contributed by atoms with van der Waals surface area (Å²) in [5.74, 6) is -0.106. The summed E-state index contributed by atoms with van der Waals surface area (Å²) in [4.78, 5) is 34.2. The Balaban J connectivity index is 1.57. The zero-order valence-electron chi connectivity index (χ0n) is 13.2. The average molecular weight is 332 g/mol. The van der Waals surface area contributed by atoms with Crippen LogP contribution in [0.3, 0.4) is 0 Å². The van der Waals surface area contributed by atoms with Crippen LogP contribution in [0.2, 0.25) is 0 Å². The summed E-state index contributed by atoms with van der Waals surface area (Å²) >= 11 is 0. The number of nitrogens with zero attached hydrogens (tertiary/aromatic N) is 1. The van der Waals surface area contributed by atoms with E-state index in [1.54, 1.807) is 6.07 Å². The molecular formula is C16H20N4O4. The molecule has 1 aromatic rings. The van der Waals surface area contributed by atoms with Gasteiger partial charge in [0.25, 0.3) is 11.6 Å². The molecule has 3 rings (SSSR count). The van der Waals surface area contributed by atoms with Crippen LogP contribution in [0.15, 0.2) is 18.2 Å². The predicted molar refractivity (Wildman–Crippen MR) is 87.8 cm³/mol. The maximum atomic E-state index is 12.0.